The molecule has 0 radical (unpaired) electrons. The summed E-state index contributed by atoms with van der Waals surface area (Å²) in [5, 5.41) is 5.96. The molecule has 0 atom stereocenters. The van der Waals surface area contributed by atoms with E-state index in [1.807, 2.05) is 43.3 Å². The first kappa shape index (κ1) is 24.8. The van der Waals surface area contributed by atoms with Crippen LogP contribution in [0.3, 0.4) is 0 Å². The Morgan fingerprint density at radius 3 is 2.42 bits per heavy atom. The number of nitrogens with one attached hydrogen (secondary N) is 2. The summed E-state index contributed by atoms with van der Waals surface area (Å²) in [5.41, 5.74) is 4.00. The minimum absolute atomic E-state index is 0.121. The second-order valence-electron chi connectivity index (χ2n) is 8.49. The van der Waals surface area contributed by atoms with E-state index in [0.717, 1.165) is 57.3 Å². The number of carbonyl (C=O) groups is 2. The normalized spacial score (nSPS) is 13.2. The third kappa shape index (κ3) is 7.32. The molecule has 0 saturated carbocycles. The van der Waals surface area contributed by atoms with E-state index in [0.29, 0.717) is 36.6 Å². The van der Waals surface area contributed by atoms with E-state index in [1.165, 1.54) is 5.56 Å². The van der Waals surface area contributed by atoms with Crippen molar-refractivity contribution in [1.29, 1.82) is 0 Å². The SMILES string of the molecule is CCCCc1ccc(C(=O)Nc2ccc(N3CCCC3)c(C(=O)NCCCOCC)c2)cc1. The Kier molecular flexibility index (Phi) is 9.76. The molecule has 2 aromatic rings. The number of anilines is 2. The Hall–Kier alpha value is -2.86. The molecule has 178 valence electrons. The minimum Gasteiger partial charge on any atom is -0.382 e. The van der Waals surface area contributed by atoms with Crippen LogP contribution in [0.25, 0.3) is 0 Å². The van der Waals surface area contributed by atoms with E-state index in [1.54, 1.807) is 6.07 Å². The van der Waals surface area contributed by atoms with Gasteiger partial charge < -0.3 is 20.3 Å². The van der Waals surface area contributed by atoms with Crippen molar-refractivity contribution >= 4 is 23.2 Å². The smallest absolute Gasteiger partial charge is 0.255 e. The Balaban J connectivity index is 1.70. The lowest BCUT2D eigenvalue weighted by atomic mass is 10.1. The molecule has 2 aromatic carbocycles. The van der Waals surface area contributed by atoms with Crippen LogP contribution in [-0.2, 0) is 11.2 Å². The number of benzene rings is 2. The highest BCUT2D eigenvalue weighted by molar-refractivity contribution is 6.06. The fraction of sp³-hybridized carbons (Fsp3) is 0.481. The molecular weight excluding hydrogens is 414 g/mol. The van der Waals surface area contributed by atoms with Crippen LogP contribution in [-0.4, -0.2) is 44.7 Å². The number of rotatable bonds is 12. The van der Waals surface area contributed by atoms with Crippen molar-refractivity contribution in [1.82, 2.24) is 5.32 Å². The van der Waals surface area contributed by atoms with Crippen molar-refractivity contribution in [3.63, 3.8) is 0 Å². The zero-order chi connectivity index (χ0) is 23.5. The molecule has 0 aliphatic carbocycles. The molecule has 1 aliphatic rings. The van der Waals surface area contributed by atoms with Gasteiger partial charge in [0.15, 0.2) is 0 Å². The zero-order valence-electron chi connectivity index (χ0n) is 20.0. The average molecular weight is 452 g/mol. The summed E-state index contributed by atoms with van der Waals surface area (Å²) >= 11 is 0. The number of hydrogen-bond donors (Lipinski definition) is 2. The van der Waals surface area contributed by atoms with Crippen LogP contribution in [0.5, 0.6) is 0 Å². The van der Waals surface area contributed by atoms with Crippen LogP contribution >= 0.6 is 0 Å². The molecule has 2 amide bonds. The van der Waals surface area contributed by atoms with Gasteiger partial charge in [0.25, 0.3) is 11.8 Å². The van der Waals surface area contributed by atoms with Gasteiger partial charge in [0, 0.05) is 49.8 Å². The van der Waals surface area contributed by atoms with Crippen molar-refractivity contribution in [2.75, 3.05) is 43.1 Å². The van der Waals surface area contributed by atoms with Crippen molar-refractivity contribution in [2.24, 2.45) is 0 Å². The largest absolute Gasteiger partial charge is 0.382 e. The van der Waals surface area contributed by atoms with Gasteiger partial charge in [0.1, 0.15) is 0 Å². The highest BCUT2D eigenvalue weighted by Crippen LogP contribution is 2.28. The van der Waals surface area contributed by atoms with Crippen LogP contribution in [0.2, 0.25) is 0 Å². The average Bonchev–Trinajstić information content (AvgIpc) is 3.37. The molecule has 6 heteroatoms. The van der Waals surface area contributed by atoms with Crippen LogP contribution in [0.1, 0.15) is 72.2 Å². The predicted molar refractivity (Wildman–Crippen MR) is 134 cm³/mol. The fourth-order valence-corrected chi connectivity index (χ4v) is 4.05. The lowest BCUT2D eigenvalue weighted by Gasteiger charge is -2.22. The van der Waals surface area contributed by atoms with Crippen LogP contribution < -0.4 is 15.5 Å². The fourth-order valence-electron chi connectivity index (χ4n) is 4.05. The number of carbonyl (C=O) groups excluding carboxylic acids is 2. The second kappa shape index (κ2) is 13.0. The maximum absolute atomic E-state index is 13.0. The molecular formula is C27H37N3O3. The number of ether oxygens (including phenoxy) is 1. The number of nitrogens with zero attached hydrogens (tertiary/aromatic N) is 1. The quantitative estimate of drug-likeness (QED) is 0.444. The predicted octanol–water partition coefficient (Wildman–Crippen LogP) is 5.04. The van der Waals surface area contributed by atoms with E-state index >= 15 is 0 Å². The molecule has 1 saturated heterocycles. The summed E-state index contributed by atoms with van der Waals surface area (Å²) in [6.45, 7) is 7.88. The van der Waals surface area contributed by atoms with E-state index in [-0.39, 0.29) is 11.8 Å². The maximum atomic E-state index is 13.0. The third-order valence-corrected chi connectivity index (χ3v) is 5.94. The van der Waals surface area contributed by atoms with Crippen LogP contribution in [0.4, 0.5) is 11.4 Å². The van der Waals surface area contributed by atoms with Crippen molar-refractivity contribution < 1.29 is 14.3 Å². The molecule has 1 aliphatic heterocycles. The van der Waals surface area contributed by atoms with Crippen molar-refractivity contribution in [3.05, 3.63) is 59.2 Å². The highest BCUT2D eigenvalue weighted by atomic mass is 16.5. The number of amides is 2. The third-order valence-electron chi connectivity index (χ3n) is 5.94. The summed E-state index contributed by atoms with van der Waals surface area (Å²) in [6, 6.07) is 13.4. The summed E-state index contributed by atoms with van der Waals surface area (Å²) < 4.78 is 5.35. The first-order valence-electron chi connectivity index (χ1n) is 12.3. The van der Waals surface area contributed by atoms with Crippen molar-refractivity contribution in [2.45, 2.75) is 52.4 Å². The summed E-state index contributed by atoms with van der Waals surface area (Å²) in [4.78, 5) is 28.0. The Bertz CT molecular complexity index is 905. The van der Waals surface area contributed by atoms with E-state index < -0.39 is 0 Å². The molecule has 6 nitrogen and oxygen atoms in total. The van der Waals surface area contributed by atoms with E-state index in [9.17, 15) is 9.59 Å². The topological polar surface area (TPSA) is 70.7 Å². The molecule has 1 fully saturated rings. The van der Waals surface area contributed by atoms with Gasteiger partial charge in [-0.3, -0.25) is 9.59 Å². The first-order chi connectivity index (χ1) is 16.1. The summed E-state index contributed by atoms with van der Waals surface area (Å²) in [7, 11) is 0. The lowest BCUT2D eigenvalue weighted by molar-refractivity contribution is 0.0943. The van der Waals surface area contributed by atoms with Gasteiger partial charge in [0.05, 0.1) is 5.56 Å². The van der Waals surface area contributed by atoms with E-state index in [2.05, 4.69) is 22.5 Å². The number of aryl methyl sites for hydroxylation is 1. The Labute approximate surface area is 197 Å². The van der Waals surface area contributed by atoms with Gasteiger partial charge in [0.2, 0.25) is 0 Å². The summed E-state index contributed by atoms with van der Waals surface area (Å²) in [5.74, 6) is -0.293. The van der Waals surface area contributed by atoms with Gasteiger partial charge in [-0.2, -0.15) is 0 Å². The summed E-state index contributed by atoms with van der Waals surface area (Å²) in [6.07, 6.45) is 6.34. The lowest BCUT2D eigenvalue weighted by Crippen LogP contribution is -2.29. The molecule has 33 heavy (non-hydrogen) atoms. The molecule has 3 rings (SSSR count). The molecule has 0 spiro atoms. The Morgan fingerprint density at radius 2 is 1.73 bits per heavy atom. The van der Waals surface area contributed by atoms with Gasteiger partial charge in [-0.05, 0) is 74.9 Å². The van der Waals surface area contributed by atoms with Gasteiger partial charge in [-0.1, -0.05) is 25.5 Å². The standard InChI is InChI=1S/C27H37N3O3/c1-3-5-9-21-10-12-22(13-11-21)26(31)29-23-14-15-25(30-17-6-7-18-30)24(20-23)27(32)28-16-8-19-33-4-2/h10-15,20H,3-9,16-19H2,1-2H3,(H,28,32)(H,29,31). The molecule has 1 heterocycles. The number of hydrogen-bond acceptors (Lipinski definition) is 4. The van der Waals surface area contributed by atoms with Gasteiger partial charge >= 0.3 is 0 Å². The van der Waals surface area contributed by atoms with Crippen molar-refractivity contribution in [3.8, 4) is 0 Å². The second-order valence-corrected chi connectivity index (χ2v) is 8.49. The monoisotopic (exact) mass is 451 g/mol. The number of unbranched alkanes of at least 4 members (excludes halogenated alkanes) is 1. The van der Waals surface area contributed by atoms with E-state index in [4.69, 9.17) is 4.74 Å². The minimum atomic E-state index is -0.172. The zero-order valence-corrected chi connectivity index (χ0v) is 20.0. The molecule has 0 bridgehead atoms. The van der Waals surface area contributed by atoms with Gasteiger partial charge in [-0.15, -0.1) is 0 Å². The molecule has 0 aromatic heterocycles. The molecule has 0 unspecified atom stereocenters. The van der Waals surface area contributed by atoms with Crippen LogP contribution in [0, 0.1) is 0 Å². The Morgan fingerprint density at radius 1 is 0.970 bits per heavy atom. The highest BCUT2D eigenvalue weighted by Gasteiger charge is 2.20. The molecule has 2 N–H and O–H groups in total. The maximum Gasteiger partial charge on any atom is 0.255 e. The van der Waals surface area contributed by atoms with Crippen LogP contribution in [0.15, 0.2) is 42.5 Å². The van der Waals surface area contributed by atoms with Gasteiger partial charge in [-0.25, -0.2) is 0 Å². The first-order valence-corrected chi connectivity index (χ1v) is 12.3.